The lowest BCUT2D eigenvalue weighted by atomic mass is 10.1. The molecule has 0 spiro atoms. The van der Waals surface area contributed by atoms with Gasteiger partial charge < -0.3 is 5.32 Å². The maximum atomic E-state index is 11.8. The van der Waals surface area contributed by atoms with Crippen molar-refractivity contribution in [2.75, 3.05) is 5.32 Å². The number of hydrogen-bond acceptors (Lipinski definition) is 4. The molecule has 1 amide bonds. The first-order valence-electron chi connectivity index (χ1n) is 6.11. The standard InChI is InChI=1S/C12H15N3OS/c16-10(7-8-3-1-2-4-8)13-12-15-14-11(17-12)9-5-6-9/h1,3,8-9H,2,4-7H2,(H,13,15,16)/t8-/m0/s1. The van der Waals surface area contributed by atoms with E-state index in [1.807, 2.05) is 0 Å². The summed E-state index contributed by atoms with van der Waals surface area (Å²) in [7, 11) is 0. The molecule has 0 unspecified atom stereocenters. The molecular formula is C12H15N3OS. The van der Waals surface area contributed by atoms with Crippen LogP contribution in [-0.4, -0.2) is 16.1 Å². The minimum atomic E-state index is 0.0556. The Balaban J connectivity index is 1.53. The zero-order valence-corrected chi connectivity index (χ0v) is 10.4. The van der Waals surface area contributed by atoms with E-state index in [1.54, 1.807) is 0 Å². The summed E-state index contributed by atoms with van der Waals surface area (Å²) in [6.07, 6.45) is 9.47. The van der Waals surface area contributed by atoms with Crippen molar-refractivity contribution >= 4 is 22.4 Å². The highest BCUT2D eigenvalue weighted by atomic mass is 32.1. The van der Waals surface area contributed by atoms with Gasteiger partial charge in [0.05, 0.1) is 0 Å². The quantitative estimate of drug-likeness (QED) is 0.835. The molecule has 1 heterocycles. The number of nitrogens with zero attached hydrogens (tertiary/aromatic N) is 2. The van der Waals surface area contributed by atoms with E-state index in [1.165, 1.54) is 24.2 Å². The van der Waals surface area contributed by atoms with Crippen molar-refractivity contribution in [2.24, 2.45) is 5.92 Å². The van der Waals surface area contributed by atoms with Crippen molar-refractivity contribution < 1.29 is 4.79 Å². The Morgan fingerprint density at radius 1 is 1.41 bits per heavy atom. The number of aromatic nitrogens is 2. The molecule has 1 aromatic heterocycles. The van der Waals surface area contributed by atoms with Crippen LogP contribution in [0, 0.1) is 5.92 Å². The first kappa shape index (κ1) is 10.9. The van der Waals surface area contributed by atoms with Gasteiger partial charge >= 0.3 is 0 Å². The zero-order chi connectivity index (χ0) is 11.7. The summed E-state index contributed by atoms with van der Waals surface area (Å²) in [6, 6.07) is 0. The van der Waals surface area contributed by atoms with Crippen molar-refractivity contribution in [3.8, 4) is 0 Å². The molecule has 0 bridgehead atoms. The first-order chi connectivity index (χ1) is 8.31. The Morgan fingerprint density at radius 3 is 3.00 bits per heavy atom. The second-order valence-electron chi connectivity index (χ2n) is 4.74. The van der Waals surface area contributed by atoms with Crippen LogP contribution in [0.5, 0.6) is 0 Å². The van der Waals surface area contributed by atoms with Crippen molar-refractivity contribution in [1.29, 1.82) is 0 Å². The molecule has 2 aliphatic rings. The average molecular weight is 249 g/mol. The lowest BCUT2D eigenvalue weighted by Gasteiger charge is -2.05. The fourth-order valence-corrected chi connectivity index (χ4v) is 2.98. The Morgan fingerprint density at radius 2 is 2.29 bits per heavy atom. The van der Waals surface area contributed by atoms with Crippen LogP contribution in [0.4, 0.5) is 5.13 Å². The van der Waals surface area contributed by atoms with Crippen LogP contribution < -0.4 is 5.32 Å². The number of allylic oxidation sites excluding steroid dienone is 2. The highest BCUT2D eigenvalue weighted by Gasteiger charge is 2.27. The summed E-state index contributed by atoms with van der Waals surface area (Å²) in [5, 5.41) is 12.7. The SMILES string of the molecule is O=C(C[C@H]1C=CCC1)Nc1nnc(C2CC2)s1. The van der Waals surface area contributed by atoms with Crippen molar-refractivity contribution in [1.82, 2.24) is 10.2 Å². The summed E-state index contributed by atoms with van der Waals surface area (Å²) < 4.78 is 0. The van der Waals surface area contributed by atoms with Crippen LogP contribution in [0.15, 0.2) is 12.2 Å². The molecule has 1 N–H and O–H groups in total. The number of carbonyl (C=O) groups excluding carboxylic acids is 1. The van der Waals surface area contributed by atoms with Gasteiger partial charge in [-0.15, -0.1) is 10.2 Å². The molecule has 0 aromatic carbocycles. The van der Waals surface area contributed by atoms with Crippen molar-refractivity contribution in [3.05, 3.63) is 17.2 Å². The summed E-state index contributed by atoms with van der Waals surface area (Å²) in [5.74, 6) is 1.07. The molecule has 17 heavy (non-hydrogen) atoms. The Hall–Kier alpha value is -1.23. The van der Waals surface area contributed by atoms with Crippen LogP contribution in [0.3, 0.4) is 0 Å². The van der Waals surface area contributed by atoms with Crippen LogP contribution in [-0.2, 0) is 4.79 Å². The number of amides is 1. The normalized spacial score (nSPS) is 22.9. The Labute approximate surface area is 104 Å². The fraction of sp³-hybridized carbons (Fsp3) is 0.583. The van der Waals surface area contributed by atoms with Gasteiger partial charge in [-0.25, -0.2) is 0 Å². The molecule has 5 heteroatoms. The minimum absolute atomic E-state index is 0.0556. The van der Waals surface area contributed by atoms with Gasteiger partial charge in [-0.3, -0.25) is 4.79 Å². The molecule has 3 rings (SSSR count). The maximum absolute atomic E-state index is 11.8. The van der Waals surface area contributed by atoms with E-state index in [9.17, 15) is 4.79 Å². The first-order valence-corrected chi connectivity index (χ1v) is 6.93. The third-order valence-electron chi connectivity index (χ3n) is 3.17. The summed E-state index contributed by atoms with van der Waals surface area (Å²) in [5.41, 5.74) is 0. The van der Waals surface area contributed by atoms with E-state index < -0.39 is 0 Å². The van der Waals surface area contributed by atoms with Crippen LogP contribution in [0.1, 0.15) is 43.0 Å². The Kier molecular flexibility index (Phi) is 2.93. The monoisotopic (exact) mass is 249 g/mol. The third kappa shape index (κ3) is 2.72. The number of carbonyl (C=O) groups is 1. The zero-order valence-electron chi connectivity index (χ0n) is 9.56. The molecule has 1 atom stereocenters. The second-order valence-corrected chi connectivity index (χ2v) is 5.75. The molecule has 90 valence electrons. The molecular weight excluding hydrogens is 234 g/mol. The molecule has 0 saturated heterocycles. The van der Waals surface area contributed by atoms with E-state index in [0.717, 1.165) is 17.8 Å². The highest BCUT2D eigenvalue weighted by molar-refractivity contribution is 7.15. The third-order valence-corrected chi connectivity index (χ3v) is 4.17. The second kappa shape index (κ2) is 4.56. The van der Waals surface area contributed by atoms with Gasteiger partial charge in [0.15, 0.2) is 0 Å². The minimum Gasteiger partial charge on any atom is -0.301 e. The topological polar surface area (TPSA) is 54.9 Å². The number of hydrogen-bond donors (Lipinski definition) is 1. The van der Waals surface area contributed by atoms with Gasteiger partial charge in [-0.05, 0) is 31.6 Å². The van der Waals surface area contributed by atoms with Gasteiger partial charge in [-0.1, -0.05) is 23.5 Å². The molecule has 4 nitrogen and oxygen atoms in total. The van der Waals surface area contributed by atoms with E-state index in [0.29, 0.717) is 23.4 Å². The predicted molar refractivity (Wildman–Crippen MR) is 67.0 cm³/mol. The lowest BCUT2D eigenvalue weighted by Crippen LogP contribution is -2.14. The highest BCUT2D eigenvalue weighted by Crippen LogP contribution is 2.42. The molecule has 1 fully saturated rings. The molecule has 0 aliphatic heterocycles. The van der Waals surface area contributed by atoms with Crippen LogP contribution in [0.2, 0.25) is 0 Å². The van der Waals surface area contributed by atoms with E-state index in [4.69, 9.17) is 0 Å². The largest absolute Gasteiger partial charge is 0.301 e. The van der Waals surface area contributed by atoms with E-state index >= 15 is 0 Å². The summed E-state index contributed by atoms with van der Waals surface area (Å²) in [4.78, 5) is 11.8. The van der Waals surface area contributed by atoms with E-state index in [2.05, 4.69) is 27.7 Å². The number of nitrogens with one attached hydrogen (secondary N) is 1. The fourth-order valence-electron chi connectivity index (χ4n) is 2.05. The number of anilines is 1. The van der Waals surface area contributed by atoms with E-state index in [-0.39, 0.29) is 5.91 Å². The van der Waals surface area contributed by atoms with Gasteiger partial charge in [0.2, 0.25) is 11.0 Å². The number of rotatable bonds is 4. The van der Waals surface area contributed by atoms with Gasteiger partial charge in [0, 0.05) is 12.3 Å². The van der Waals surface area contributed by atoms with Crippen LogP contribution in [0.25, 0.3) is 0 Å². The lowest BCUT2D eigenvalue weighted by molar-refractivity contribution is -0.116. The average Bonchev–Trinajstić information content (AvgIpc) is 2.84. The molecule has 1 saturated carbocycles. The maximum Gasteiger partial charge on any atom is 0.226 e. The molecule has 0 radical (unpaired) electrons. The van der Waals surface area contributed by atoms with Crippen molar-refractivity contribution in [2.45, 2.75) is 38.0 Å². The van der Waals surface area contributed by atoms with Crippen molar-refractivity contribution in [3.63, 3.8) is 0 Å². The Bertz CT molecular complexity index is 450. The predicted octanol–water partition coefficient (Wildman–Crippen LogP) is 2.71. The van der Waals surface area contributed by atoms with Gasteiger partial charge in [-0.2, -0.15) is 0 Å². The molecule has 1 aromatic rings. The molecule has 2 aliphatic carbocycles. The van der Waals surface area contributed by atoms with Crippen LogP contribution >= 0.6 is 11.3 Å². The summed E-state index contributed by atoms with van der Waals surface area (Å²) in [6.45, 7) is 0. The smallest absolute Gasteiger partial charge is 0.226 e. The van der Waals surface area contributed by atoms with Gasteiger partial charge in [0.1, 0.15) is 5.01 Å². The van der Waals surface area contributed by atoms with Gasteiger partial charge in [0.25, 0.3) is 0 Å². The summed E-state index contributed by atoms with van der Waals surface area (Å²) >= 11 is 1.52.